The first kappa shape index (κ1) is 17.3. The van der Waals surface area contributed by atoms with Crippen LogP contribution in [0.5, 0.6) is 11.5 Å². The van der Waals surface area contributed by atoms with Crippen LogP contribution in [-0.4, -0.2) is 14.1 Å². The summed E-state index contributed by atoms with van der Waals surface area (Å²) in [7, 11) is 3.38. The van der Waals surface area contributed by atoms with Crippen LogP contribution in [0.3, 0.4) is 0 Å². The number of nitrogens with zero attached hydrogens (tertiary/aromatic N) is 2. The quantitative estimate of drug-likeness (QED) is 0.581. The predicted octanol–water partition coefficient (Wildman–Crippen LogP) is 3.81. The highest BCUT2D eigenvalue weighted by atomic mass is 16.5. The van der Waals surface area contributed by atoms with Gasteiger partial charge in [0.05, 0.1) is 6.20 Å². The first-order valence-electron chi connectivity index (χ1n) is 9.36. The monoisotopic (exact) mass is 385 g/mol. The topological polar surface area (TPSA) is 69.0 Å². The summed E-state index contributed by atoms with van der Waals surface area (Å²) in [6.07, 6.45) is 8.37. The molecule has 0 radical (unpaired) electrons. The second kappa shape index (κ2) is 6.38. The van der Waals surface area contributed by atoms with Crippen molar-refractivity contribution in [3.63, 3.8) is 0 Å². The van der Waals surface area contributed by atoms with Crippen LogP contribution in [0, 0.1) is 0 Å². The minimum Gasteiger partial charge on any atom is -0.455 e. The Hall–Kier alpha value is -3.80. The number of ether oxygens (including phenoxy) is 1. The number of hydrogen-bond acceptors (Lipinski definition) is 3. The molecule has 1 aliphatic carbocycles. The van der Waals surface area contributed by atoms with E-state index in [0.29, 0.717) is 22.6 Å². The molecule has 6 heteroatoms. The fraction of sp³-hybridized carbons (Fsp3) is 0.130. The largest absolute Gasteiger partial charge is 0.455 e. The molecule has 0 bridgehead atoms. The Morgan fingerprint density at radius 3 is 2.45 bits per heavy atom. The van der Waals surface area contributed by atoms with E-state index in [-0.39, 0.29) is 11.1 Å². The van der Waals surface area contributed by atoms with Gasteiger partial charge in [-0.3, -0.25) is 9.59 Å². The molecule has 0 aliphatic heterocycles. The van der Waals surface area contributed by atoms with Crippen LogP contribution in [-0.2, 0) is 14.1 Å². The highest BCUT2D eigenvalue weighted by Crippen LogP contribution is 2.36. The fourth-order valence-corrected chi connectivity index (χ4v) is 3.53. The molecule has 5 rings (SSSR count). The van der Waals surface area contributed by atoms with Crippen molar-refractivity contribution in [2.24, 2.45) is 14.1 Å². The molecular weight excluding hydrogens is 366 g/mol. The maximum atomic E-state index is 12.4. The van der Waals surface area contributed by atoms with E-state index in [0.717, 1.165) is 17.4 Å². The molecule has 0 fully saturated rings. The van der Waals surface area contributed by atoms with Gasteiger partial charge in [0, 0.05) is 49.1 Å². The highest BCUT2D eigenvalue weighted by Gasteiger charge is 2.17. The van der Waals surface area contributed by atoms with Crippen molar-refractivity contribution in [3.05, 3.63) is 87.3 Å². The van der Waals surface area contributed by atoms with Gasteiger partial charge in [-0.2, -0.15) is 0 Å². The Bertz CT molecular complexity index is 1400. The zero-order valence-corrected chi connectivity index (χ0v) is 16.1. The number of nitrogens with one attached hydrogen (secondary N) is 1. The van der Waals surface area contributed by atoms with Crippen molar-refractivity contribution in [2.45, 2.75) is 6.42 Å². The number of fused-ring (bicyclic) bond motifs is 1. The molecule has 144 valence electrons. The Labute approximate surface area is 166 Å². The molecule has 0 unspecified atom stereocenters. The molecule has 1 aliphatic rings. The van der Waals surface area contributed by atoms with Gasteiger partial charge in [-0.05, 0) is 35.8 Å². The van der Waals surface area contributed by atoms with Gasteiger partial charge in [-0.1, -0.05) is 18.2 Å². The van der Waals surface area contributed by atoms with E-state index >= 15 is 0 Å². The number of pyridine rings is 2. The first-order valence-corrected chi connectivity index (χ1v) is 9.36. The Kier molecular flexibility index (Phi) is 3.81. The molecule has 1 aromatic carbocycles. The molecule has 0 atom stereocenters. The molecule has 0 saturated heterocycles. The van der Waals surface area contributed by atoms with Crippen LogP contribution in [0.2, 0.25) is 0 Å². The van der Waals surface area contributed by atoms with Crippen molar-refractivity contribution < 1.29 is 4.74 Å². The van der Waals surface area contributed by atoms with Crippen LogP contribution in [0.15, 0.2) is 70.7 Å². The molecule has 3 aromatic heterocycles. The maximum absolute atomic E-state index is 12.4. The van der Waals surface area contributed by atoms with E-state index in [1.807, 2.05) is 30.3 Å². The van der Waals surface area contributed by atoms with Crippen molar-refractivity contribution >= 4 is 16.5 Å². The molecule has 0 amide bonds. The smallest absolute Gasteiger partial charge is 0.274 e. The van der Waals surface area contributed by atoms with E-state index in [2.05, 4.69) is 11.1 Å². The SMILES string of the molecule is Cn1cc(Oc2ccc(C3=CC3)cc2)c(-c2cn(C)c(=O)c3[nH]ccc23)cc1=O. The zero-order chi connectivity index (χ0) is 20.1. The molecule has 29 heavy (non-hydrogen) atoms. The number of aromatic amines is 1. The average Bonchev–Trinajstić information content (AvgIpc) is 3.44. The molecule has 0 spiro atoms. The van der Waals surface area contributed by atoms with E-state index < -0.39 is 0 Å². The van der Waals surface area contributed by atoms with E-state index in [1.165, 1.54) is 20.3 Å². The third-order valence-corrected chi connectivity index (χ3v) is 5.24. The first-order chi connectivity index (χ1) is 14.0. The second-order valence-electron chi connectivity index (χ2n) is 7.29. The number of H-pyrrole nitrogens is 1. The normalized spacial score (nSPS) is 12.8. The summed E-state index contributed by atoms with van der Waals surface area (Å²) in [6.45, 7) is 0. The highest BCUT2D eigenvalue weighted by molar-refractivity contribution is 5.95. The molecule has 0 saturated carbocycles. The Morgan fingerprint density at radius 2 is 1.72 bits per heavy atom. The minimum absolute atomic E-state index is 0.120. The summed E-state index contributed by atoms with van der Waals surface area (Å²) < 4.78 is 9.17. The lowest BCUT2D eigenvalue weighted by Gasteiger charge is -2.14. The number of rotatable bonds is 4. The second-order valence-corrected chi connectivity index (χ2v) is 7.29. The fourth-order valence-electron chi connectivity index (χ4n) is 3.53. The van der Waals surface area contributed by atoms with Crippen molar-refractivity contribution in [1.82, 2.24) is 14.1 Å². The standard InChI is InChI=1S/C23H19N3O3/c1-25-13-20(29-16-7-5-15(6-8-16)14-3-4-14)18(11-21(25)27)19-12-26(2)23(28)22-17(19)9-10-24-22/h3,5-13,24H,4H2,1-2H3. The third kappa shape index (κ3) is 2.99. The Morgan fingerprint density at radius 1 is 0.966 bits per heavy atom. The van der Waals surface area contributed by atoms with Gasteiger partial charge < -0.3 is 18.9 Å². The summed E-state index contributed by atoms with van der Waals surface area (Å²) in [4.78, 5) is 27.8. The number of aromatic nitrogens is 3. The summed E-state index contributed by atoms with van der Waals surface area (Å²) in [5, 5.41) is 0.752. The summed E-state index contributed by atoms with van der Waals surface area (Å²) in [6, 6.07) is 11.3. The lowest BCUT2D eigenvalue weighted by atomic mass is 10.0. The molecule has 6 nitrogen and oxygen atoms in total. The van der Waals surface area contributed by atoms with Gasteiger partial charge in [0.2, 0.25) is 0 Å². The van der Waals surface area contributed by atoms with Crippen LogP contribution in [0.25, 0.3) is 27.6 Å². The van der Waals surface area contributed by atoms with Crippen LogP contribution in [0.1, 0.15) is 12.0 Å². The lowest BCUT2D eigenvalue weighted by Crippen LogP contribution is -2.18. The summed E-state index contributed by atoms with van der Waals surface area (Å²) >= 11 is 0. The minimum atomic E-state index is -0.152. The van der Waals surface area contributed by atoms with Gasteiger partial charge in [-0.25, -0.2) is 0 Å². The van der Waals surface area contributed by atoms with Crippen molar-refractivity contribution in [2.75, 3.05) is 0 Å². The third-order valence-electron chi connectivity index (χ3n) is 5.24. The summed E-state index contributed by atoms with van der Waals surface area (Å²) in [5.74, 6) is 1.23. The van der Waals surface area contributed by atoms with Crippen LogP contribution >= 0.6 is 0 Å². The molecule has 4 aromatic rings. The number of allylic oxidation sites excluding steroid dienone is 2. The van der Waals surface area contributed by atoms with Gasteiger partial charge >= 0.3 is 0 Å². The number of aryl methyl sites for hydroxylation is 2. The van der Waals surface area contributed by atoms with Crippen molar-refractivity contribution in [1.29, 1.82) is 0 Å². The molecule has 3 heterocycles. The zero-order valence-electron chi connectivity index (χ0n) is 16.1. The van der Waals surface area contributed by atoms with Gasteiger partial charge in [-0.15, -0.1) is 0 Å². The lowest BCUT2D eigenvalue weighted by molar-refractivity contribution is 0.478. The molecular formula is C23H19N3O3. The van der Waals surface area contributed by atoms with Crippen LogP contribution in [0.4, 0.5) is 0 Å². The Balaban J connectivity index is 1.66. The van der Waals surface area contributed by atoms with E-state index in [9.17, 15) is 9.59 Å². The van der Waals surface area contributed by atoms with E-state index in [1.54, 1.807) is 38.8 Å². The van der Waals surface area contributed by atoms with Crippen molar-refractivity contribution in [3.8, 4) is 22.6 Å². The number of benzene rings is 1. The van der Waals surface area contributed by atoms with Gasteiger partial charge in [0.1, 0.15) is 11.3 Å². The summed E-state index contributed by atoms with van der Waals surface area (Å²) in [5.41, 5.74) is 4.17. The molecule has 1 N–H and O–H groups in total. The van der Waals surface area contributed by atoms with Crippen LogP contribution < -0.4 is 15.9 Å². The van der Waals surface area contributed by atoms with Gasteiger partial charge in [0.25, 0.3) is 11.1 Å². The average molecular weight is 385 g/mol. The van der Waals surface area contributed by atoms with Gasteiger partial charge in [0.15, 0.2) is 5.75 Å². The van der Waals surface area contributed by atoms with E-state index in [4.69, 9.17) is 4.74 Å². The predicted molar refractivity (Wildman–Crippen MR) is 113 cm³/mol. The number of hydrogen-bond donors (Lipinski definition) is 1. The maximum Gasteiger partial charge on any atom is 0.274 e.